The molecule has 15 heavy (non-hydrogen) atoms. The van der Waals surface area contributed by atoms with Gasteiger partial charge in [0.25, 0.3) is 0 Å². The molecule has 84 valence electrons. The molecule has 1 unspecified atom stereocenters. The summed E-state index contributed by atoms with van der Waals surface area (Å²) in [5.41, 5.74) is 0. The number of likely N-dealkylation sites (N-methyl/N-ethyl adjacent to an activating group) is 1. The lowest BCUT2D eigenvalue weighted by molar-refractivity contribution is -0.121. The first-order valence-corrected chi connectivity index (χ1v) is 5.20. The monoisotopic (exact) mass is 210 g/mol. The molecule has 1 heterocycles. The minimum atomic E-state index is -0.0788. The normalized spacial score (nSPS) is 12.5. The smallest absolute Gasteiger partial charge is 0.234 e. The summed E-state index contributed by atoms with van der Waals surface area (Å²) in [5, 5.41) is 5.82. The Morgan fingerprint density at radius 3 is 2.80 bits per heavy atom. The van der Waals surface area contributed by atoms with E-state index in [-0.39, 0.29) is 11.9 Å². The second kappa shape index (κ2) is 5.56. The Kier molecular flexibility index (Phi) is 4.37. The van der Waals surface area contributed by atoms with Crippen LogP contribution in [0, 0.1) is 6.92 Å². The van der Waals surface area contributed by atoms with Gasteiger partial charge in [-0.2, -0.15) is 0 Å². The van der Waals surface area contributed by atoms with E-state index in [9.17, 15) is 4.79 Å². The Balaban J connectivity index is 2.41. The van der Waals surface area contributed by atoms with Gasteiger partial charge in [0.05, 0.1) is 12.6 Å². The quantitative estimate of drug-likeness (QED) is 0.772. The first-order valence-electron chi connectivity index (χ1n) is 5.20. The van der Waals surface area contributed by atoms with Crippen LogP contribution in [-0.2, 0) is 4.79 Å². The zero-order valence-corrected chi connectivity index (χ0v) is 9.46. The van der Waals surface area contributed by atoms with E-state index in [1.807, 2.05) is 32.9 Å². The molecule has 0 aliphatic rings. The Bertz CT molecular complexity index is 320. The molecule has 1 atom stereocenters. The van der Waals surface area contributed by atoms with Crippen molar-refractivity contribution in [1.82, 2.24) is 10.6 Å². The largest absolute Gasteiger partial charge is 0.464 e. The van der Waals surface area contributed by atoms with Crippen LogP contribution in [0.2, 0.25) is 0 Å². The number of hydrogen-bond donors (Lipinski definition) is 2. The number of amides is 1. The number of carbonyl (C=O) groups is 1. The fourth-order valence-corrected chi connectivity index (χ4v) is 1.29. The maximum Gasteiger partial charge on any atom is 0.234 e. The first kappa shape index (κ1) is 11.8. The van der Waals surface area contributed by atoms with Crippen molar-refractivity contribution in [2.45, 2.75) is 26.8 Å². The van der Waals surface area contributed by atoms with E-state index in [1.54, 1.807) is 0 Å². The summed E-state index contributed by atoms with van der Waals surface area (Å²) < 4.78 is 5.42. The molecule has 0 spiro atoms. The maximum atomic E-state index is 11.4. The molecule has 0 radical (unpaired) electrons. The minimum absolute atomic E-state index is 0.0154. The lowest BCUT2D eigenvalue weighted by Crippen LogP contribution is -2.35. The van der Waals surface area contributed by atoms with Crippen molar-refractivity contribution in [3.05, 3.63) is 23.7 Å². The van der Waals surface area contributed by atoms with Gasteiger partial charge in [-0.05, 0) is 32.5 Å². The topological polar surface area (TPSA) is 54.3 Å². The molecule has 4 heteroatoms. The Hall–Kier alpha value is -1.29. The molecule has 1 aromatic rings. The third kappa shape index (κ3) is 3.75. The van der Waals surface area contributed by atoms with Crippen molar-refractivity contribution in [1.29, 1.82) is 0 Å². The van der Waals surface area contributed by atoms with Crippen LogP contribution in [-0.4, -0.2) is 19.0 Å². The molecule has 0 aliphatic carbocycles. The number of aryl methyl sites for hydroxylation is 1. The number of nitrogens with one attached hydrogen (secondary N) is 2. The summed E-state index contributed by atoms with van der Waals surface area (Å²) >= 11 is 0. The zero-order valence-electron chi connectivity index (χ0n) is 9.46. The van der Waals surface area contributed by atoms with E-state index in [0.717, 1.165) is 18.1 Å². The lowest BCUT2D eigenvalue weighted by atomic mass is 10.2. The summed E-state index contributed by atoms with van der Waals surface area (Å²) in [6.45, 7) is 6.90. The van der Waals surface area contributed by atoms with E-state index >= 15 is 0 Å². The molecule has 1 amide bonds. The molecule has 4 nitrogen and oxygen atoms in total. The van der Waals surface area contributed by atoms with E-state index in [2.05, 4.69) is 10.6 Å². The Morgan fingerprint density at radius 1 is 1.53 bits per heavy atom. The minimum Gasteiger partial charge on any atom is -0.464 e. The van der Waals surface area contributed by atoms with Gasteiger partial charge < -0.3 is 15.1 Å². The van der Waals surface area contributed by atoms with Gasteiger partial charge >= 0.3 is 0 Å². The molecule has 1 rings (SSSR count). The molecule has 2 N–H and O–H groups in total. The summed E-state index contributed by atoms with van der Waals surface area (Å²) in [4.78, 5) is 11.4. The number of furan rings is 1. The maximum absolute atomic E-state index is 11.4. The van der Waals surface area contributed by atoms with E-state index in [4.69, 9.17) is 4.42 Å². The lowest BCUT2D eigenvalue weighted by Gasteiger charge is -2.11. The second-order valence-corrected chi connectivity index (χ2v) is 3.52. The molecular weight excluding hydrogens is 192 g/mol. The fraction of sp³-hybridized carbons (Fsp3) is 0.545. The summed E-state index contributed by atoms with van der Waals surface area (Å²) in [6.07, 6.45) is 0. The highest BCUT2D eigenvalue weighted by atomic mass is 16.3. The highest BCUT2D eigenvalue weighted by Gasteiger charge is 2.11. The van der Waals surface area contributed by atoms with Gasteiger partial charge in [0, 0.05) is 0 Å². The SMILES string of the molecule is CCNCC(=O)NC(C)c1ccc(C)o1. The summed E-state index contributed by atoms with van der Waals surface area (Å²) in [5.74, 6) is 1.63. The standard InChI is InChI=1S/C11H18N2O2/c1-4-12-7-11(14)13-9(3)10-6-5-8(2)15-10/h5-6,9,12H,4,7H2,1-3H3,(H,13,14). The second-order valence-electron chi connectivity index (χ2n) is 3.52. The summed E-state index contributed by atoms with van der Waals surface area (Å²) in [6, 6.07) is 3.69. The Labute approximate surface area is 90.0 Å². The molecule has 0 bridgehead atoms. The van der Waals surface area contributed by atoms with Crippen LogP contribution in [0.4, 0.5) is 0 Å². The van der Waals surface area contributed by atoms with Crippen molar-refractivity contribution in [3.63, 3.8) is 0 Å². The molecule has 0 aromatic carbocycles. The third-order valence-electron chi connectivity index (χ3n) is 2.10. The number of rotatable bonds is 5. The average molecular weight is 210 g/mol. The van der Waals surface area contributed by atoms with Crippen molar-refractivity contribution in [2.75, 3.05) is 13.1 Å². The van der Waals surface area contributed by atoms with Crippen LogP contribution < -0.4 is 10.6 Å². The van der Waals surface area contributed by atoms with Crippen molar-refractivity contribution >= 4 is 5.91 Å². The van der Waals surface area contributed by atoms with Gasteiger partial charge in [-0.1, -0.05) is 6.92 Å². The Morgan fingerprint density at radius 2 is 2.27 bits per heavy atom. The van der Waals surface area contributed by atoms with E-state index in [1.165, 1.54) is 0 Å². The van der Waals surface area contributed by atoms with Crippen LogP contribution in [0.5, 0.6) is 0 Å². The van der Waals surface area contributed by atoms with Gasteiger partial charge in [-0.3, -0.25) is 4.79 Å². The number of carbonyl (C=O) groups excluding carboxylic acids is 1. The van der Waals surface area contributed by atoms with Crippen LogP contribution in [0.15, 0.2) is 16.5 Å². The highest BCUT2D eigenvalue weighted by Crippen LogP contribution is 2.14. The van der Waals surface area contributed by atoms with Crippen molar-refractivity contribution in [2.24, 2.45) is 0 Å². The number of hydrogen-bond acceptors (Lipinski definition) is 3. The third-order valence-corrected chi connectivity index (χ3v) is 2.10. The van der Waals surface area contributed by atoms with Gasteiger partial charge in [-0.15, -0.1) is 0 Å². The van der Waals surface area contributed by atoms with Gasteiger partial charge in [-0.25, -0.2) is 0 Å². The van der Waals surface area contributed by atoms with E-state index in [0.29, 0.717) is 6.54 Å². The first-order chi connectivity index (χ1) is 7.13. The molecular formula is C11H18N2O2. The van der Waals surface area contributed by atoms with Crippen LogP contribution in [0.3, 0.4) is 0 Å². The van der Waals surface area contributed by atoms with Crippen LogP contribution in [0.1, 0.15) is 31.4 Å². The van der Waals surface area contributed by atoms with Crippen LogP contribution >= 0.6 is 0 Å². The predicted molar refractivity (Wildman–Crippen MR) is 58.5 cm³/mol. The van der Waals surface area contributed by atoms with E-state index < -0.39 is 0 Å². The van der Waals surface area contributed by atoms with Gasteiger partial charge in [0.2, 0.25) is 5.91 Å². The molecule has 0 saturated heterocycles. The molecule has 0 saturated carbocycles. The van der Waals surface area contributed by atoms with Crippen molar-refractivity contribution < 1.29 is 9.21 Å². The average Bonchev–Trinajstić information content (AvgIpc) is 2.61. The highest BCUT2D eigenvalue weighted by molar-refractivity contribution is 5.78. The van der Waals surface area contributed by atoms with Gasteiger partial charge in [0.1, 0.15) is 11.5 Å². The fourth-order valence-electron chi connectivity index (χ4n) is 1.29. The van der Waals surface area contributed by atoms with Crippen LogP contribution in [0.25, 0.3) is 0 Å². The molecule has 0 aliphatic heterocycles. The summed E-state index contributed by atoms with van der Waals surface area (Å²) in [7, 11) is 0. The van der Waals surface area contributed by atoms with Crippen molar-refractivity contribution in [3.8, 4) is 0 Å². The molecule has 1 aromatic heterocycles. The van der Waals surface area contributed by atoms with Gasteiger partial charge in [0.15, 0.2) is 0 Å². The predicted octanol–water partition coefficient (Wildman–Crippen LogP) is 1.37. The molecule has 0 fully saturated rings. The zero-order chi connectivity index (χ0) is 11.3.